The van der Waals surface area contributed by atoms with E-state index in [4.69, 9.17) is 10.5 Å². The molecule has 0 saturated carbocycles. The van der Waals surface area contributed by atoms with Crippen LogP contribution in [0.2, 0.25) is 0 Å². The Bertz CT molecular complexity index is 507. The van der Waals surface area contributed by atoms with Crippen LogP contribution in [0.3, 0.4) is 0 Å². The Labute approximate surface area is 128 Å². The van der Waals surface area contributed by atoms with Gasteiger partial charge in [-0.15, -0.1) is 0 Å². The van der Waals surface area contributed by atoms with E-state index in [-0.39, 0.29) is 24.9 Å². The molecule has 0 aliphatic rings. The predicted molar refractivity (Wildman–Crippen MR) is 78.3 cm³/mol. The third-order valence-corrected chi connectivity index (χ3v) is 3.11. The number of hydrogen-bond donors (Lipinski definition) is 1. The van der Waals surface area contributed by atoms with Crippen LogP contribution in [0.15, 0.2) is 24.3 Å². The summed E-state index contributed by atoms with van der Waals surface area (Å²) in [6, 6.07) is 5.33. The van der Waals surface area contributed by atoms with Gasteiger partial charge in [-0.25, -0.2) is 0 Å². The van der Waals surface area contributed by atoms with E-state index in [1.165, 1.54) is 12.1 Å². The molecule has 1 aromatic rings. The van der Waals surface area contributed by atoms with E-state index in [9.17, 15) is 18.0 Å². The fourth-order valence-electron chi connectivity index (χ4n) is 2.20. The third kappa shape index (κ3) is 5.67. The molecule has 6 heteroatoms. The van der Waals surface area contributed by atoms with Gasteiger partial charge in [0.2, 0.25) is 0 Å². The molecule has 22 heavy (non-hydrogen) atoms. The van der Waals surface area contributed by atoms with Crippen LogP contribution < -0.4 is 5.73 Å². The summed E-state index contributed by atoms with van der Waals surface area (Å²) in [5.41, 5.74) is 4.43. The lowest BCUT2D eigenvalue weighted by Gasteiger charge is -2.22. The van der Waals surface area contributed by atoms with Gasteiger partial charge in [-0.2, -0.15) is 13.2 Å². The first kappa shape index (κ1) is 18.5. The number of halogens is 3. The Kier molecular flexibility index (Phi) is 6.00. The highest BCUT2D eigenvalue weighted by atomic mass is 19.4. The molecule has 1 aromatic carbocycles. The Hall–Kier alpha value is -1.56. The molecule has 1 rings (SSSR count). The van der Waals surface area contributed by atoms with E-state index in [2.05, 4.69) is 0 Å². The van der Waals surface area contributed by atoms with Crippen molar-refractivity contribution in [1.82, 2.24) is 0 Å². The molecule has 1 atom stereocenters. The second-order valence-electron chi connectivity index (χ2n) is 6.14. The average molecular weight is 317 g/mol. The molecule has 0 saturated heterocycles. The van der Waals surface area contributed by atoms with Crippen molar-refractivity contribution in [2.75, 3.05) is 6.54 Å². The van der Waals surface area contributed by atoms with Gasteiger partial charge >= 0.3 is 12.1 Å². The first-order valence-corrected chi connectivity index (χ1v) is 7.12. The van der Waals surface area contributed by atoms with Crippen LogP contribution in [-0.4, -0.2) is 18.1 Å². The van der Waals surface area contributed by atoms with E-state index < -0.39 is 29.2 Å². The van der Waals surface area contributed by atoms with Gasteiger partial charge in [0.1, 0.15) is 5.60 Å². The molecule has 1 unspecified atom stereocenters. The zero-order chi connectivity index (χ0) is 17.0. The first-order valence-electron chi connectivity index (χ1n) is 7.12. The average Bonchev–Trinajstić information content (AvgIpc) is 2.36. The molecule has 0 amide bonds. The predicted octanol–water partition coefficient (Wildman–Crippen LogP) is 3.87. The summed E-state index contributed by atoms with van der Waals surface area (Å²) in [7, 11) is 0. The molecule has 3 nitrogen and oxygen atoms in total. The number of benzene rings is 1. The molecule has 0 aromatic heterocycles. The zero-order valence-corrected chi connectivity index (χ0v) is 13.0. The summed E-state index contributed by atoms with van der Waals surface area (Å²) >= 11 is 0. The van der Waals surface area contributed by atoms with Crippen LogP contribution >= 0.6 is 0 Å². The van der Waals surface area contributed by atoms with Gasteiger partial charge in [0, 0.05) is 6.42 Å². The van der Waals surface area contributed by atoms with E-state index >= 15 is 0 Å². The normalized spacial score (nSPS) is 13.8. The molecule has 0 aliphatic carbocycles. The lowest BCUT2D eigenvalue weighted by atomic mass is 9.90. The lowest BCUT2D eigenvalue weighted by Crippen LogP contribution is -2.25. The Morgan fingerprint density at radius 1 is 1.23 bits per heavy atom. The van der Waals surface area contributed by atoms with E-state index in [0.29, 0.717) is 0 Å². The van der Waals surface area contributed by atoms with Gasteiger partial charge in [0.05, 0.1) is 5.56 Å². The standard InChI is InChI=1S/C16H22F3NO2/c1-15(2,3)22-14(21)9-8-11(10-20)12-6-4-5-7-13(12)16(17,18)19/h4-7,11H,8-10,20H2,1-3H3. The van der Waals surface area contributed by atoms with Crippen LogP contribution in [0.1, 0.15) is 50.7 Å². The maximum absolute atomic E-state index is 13.0. The van der Waals surface area contributed by atoms with Crippen molar-refractivity contribution >= 4 is 5.97 Å². The van der Waals surface area contributed by atoms with Crippen molar-refractivity contribution < 1.29 is 22.7 Å². The van der Waals surface area contributed by atoms with Crippen LogP contribution in [0.4, 0.5) is 13.2 Å². The summed E-state index contributed by atoms with van der Waals surface area (Å²) < 4.78 is 44.3. The Balaban J connectivity index is 2.84. The fourth-order valence-corrected chi connectivity index (χ4v) is 2.20. The van der Waals surface area contributed by atoms with Crippen molar-refractivity contribution in [3.05, 3.63) is 35.4 Å². The molecule has 0 heterocycles. The van der Waals surface area contributed by atoms with Crippen LogP contribution in [-0.2, 0) is 15.7 Å². The molecular formula is C16H22F3NO2. The first-order chi connectivity index (χ1) is 10.0. The summed E-state index contributed by atoms with van der Waals surface area (Å²) in [5.74, 6) is -0.971. The zero-order valence-electron chi connectivity index (χ0n) is 13.0. The maximum Gasteiger partial charge on any atom is 0.416 e. The quantitative estimate of drug-likeness (QED) is 0.839. The number of nitrogens with two attached hydrogens (primary N) is 1. The number of carbonyl (C=O) groups is 1. The van der Waals surface area contributed by atoms with Crippen LogP contribution in [0.5, 0.6) is 0 Å². The van der Waals surface area contributed by atoms with E-state index in [1.54, 1.807) is 26.8 Å². The summed E-state index contributed by atoms with van der Waals surface area (Å²) in [5, 5.41) is 0. The number of alkyl halides is 3. The molecule has 0 radical (unpaired) electrons. The number of hydrogen-bond acceptors (Lipinski definition) is 3. The van der Waals surface area contributed by atoms with E-state index in [0.717, 1.165) is 6.07 Å². The van der Waals surface area contributed by atoms with Gasteiger partial charge in [-0.1, -0.05) is 18.2 Å². The van der Waals surface area contributed by atoms with E-state index in [1.807, 2.05) is 0 Å². The summed E-state index contributed by atoms with van der Waals surface area (Å²) in [6.07, 6.45) is -4.18. The minimum atomic E-state index is -4.43. The topological polar surface area (TPSA) is 52.3 Å². The van der Waals surface area contributed by atoms with Gasteiger partial charge in [0.15, 0.2) is 0 Å². The highest BCUT2D eigenvalue weighted by Crippen LogP contribution is 2.36. The lowest BCUT2D eigenvalue weighted by molar-refractivity contribution is -0.155. The van der Waals surface area contributed by atoms with Crippen LogP contribution in [0.25, 0.3) is 0 Å². The van der Waals surface area contributed by atoms with Gasteiger partial charge < -0.3 is 10.5 Å². The number of carbonyl (C=O) groups excluding carboxylic acids is 1. The van der Waals surface area contributed by atoms with Crippen molar-refractivity contribution in [1.29, 1.82) is 0 Å². The van der Waals surface area contributed by atoms with Crippen molar-refractivity contribution in [2.24, 2.45) is 5.73 Å². The third-order valence-electron chi connectivity index (χ3n) is 3.11. The molecule has 0 aliphatic heterocycles. The number of rotatable bonds is 5. The summed E-state index contributed by atoms with van der Waals surface area (Å²) in [6.45, 7) is 5.26. The maximum atomic E-state index is 13.0. The largest absolute Gasteiger partial charge is 0.460 e. The van der Waals surface area contributed by atoms with Crippen molar-refractivity contribution in [2.45, 2.75) is 51.3 Å². The smallest absolute Gasteiger partial charge is 0.416 e. The molecule has 124 valence electrons. The highest BCUT2D eigenvalue weighted by molar-refractivity contribution is 5.69. The second-order valence-corrected chi connectivity index (χ2v) is 6.14. The van der Waals surface area contributed by atoms with Crippen LogP contribution in [0, 0.1) is 0 Å². The Morgan fingerprint density at radius 3 is 2.32 bits per heavy atom. The SMILES string of the molecule is CC(C)(C)OC(=O)CCC(CN)c1ccccc1C(F)(F)F. The van der Waals surface area contributed by atoms with Gasteiger partial charge in [0.25, 0.3) is 0 Å². The second kappa shape index (κ2) is 7.13. The minimum absolute atomic E-state index is 0.0331. The molecule has 0 spiro atoms. The Morgan fingerprint density at radius 2 is 1.82 bits per heavy atom. The molecule has 0 fully saturated rings. The summed E-state index contributed by atoms with van der Waals surface area (Å²) in [4.78, 5) is 11.7. The number of esters is 1. The highest BCUT2D eigenvalue weighted by Gasteiger charge is 2.34. The van der Waals surface area contributed by atoms with Gasteiger partial charge in [-0.3, -0.25) is 4.79 Å². The van der Waals surface area contributed by atoms with Crippen molar-refractivity contribution in [3.8, 4) is 0 Å². The van der Waals surface area contributed by atoms with Gasteiger partial charge in [-0.05, 0) is 51.3 Å². The fraction of sp³-hybridized carbons (Fsp3) is 0.562. The minimum Gasteiger partial charge on any atom is -0.460 e. The molecular weight excluding hydrogens is 295 g/mol. The molecule has 2 N–H and O–H groups in total. The molecule has 0 bridgehead atoms. The number of ether oxygens (including phenoxy) is 1. The van der Waals surface area contributed by atoms with Crippen molar-refractivity contribution in [3.63, 3.8) is 0 Å². The monoisotopic (exact) mass is 317 g/mol.